The first-order valence-electron chi connectivity index (χ1n) is 9.93. The van der Waals surface area contributed by atoms with Gasteiger partial charge in [0.2, 0.25) is 0 Å². The lowest BCUT2D eigenvalue weighted by Crippen LogP contribution is -2.48. The van der Waals surface area contributed by atoms with Crippen molar-refractivity contribution in [1.29, 1.82) is 0 Å². The number of sulfone groups is 1. The van der Waals surface area contributed by atoms with Gasteiger partial charge in [-0.1, -0.05) is 30.1 Å². The molecule has 1 saturated heterocycles. The molecular formula is C20H24N2O6S. The van der Waals surface area contributed by atoms with Crippen molar-refractivity contribution in [3.63, 3.8) is 0 Å². The van der Waals surface area contributed by atoms with E-state index in [-0.39, 0.29) is 42.5 Å². The number of rotatable bonds is 6. The van der Waals surface area contributed by atoms with Crippen LogP contribution < -0.4 is 0 Å². The van der Waals surface area contributed by atoms with Crippen molar-refractivity contribution >= 4 is 32.7 Å². The Hall–Kier alpha value is -2.42. The maximum absolute atomic E-state index is 12.9. The number of aromatic nitrogens is 1. The van der Waals surface area contributed by atoms with E-state index in [0.717, 1.165) is 31.1 Å². The van der Waals surface area contributed by atoms with Gasteiger partial charge in [-0.25, -0.2) is 8.42 Å². The fourth-order valence-electron chi connectivity index (χ4n) is 4.35. The molecule has 8 nitrogen and oxygen atoms in total. The van der Waals surface area contributed by atoms with E-state index in [1.165, 1.54) is 0 Å². The molecule has 1 amide bonds. The Bertz CT molecular complexity index is 1010. The molecule has 0 bridgehead atoms. The molecule has 0 N–H and O–H groups in total. The molecule has 4 rings (SSSR count). The Morgan fingerprint density at radius 2 is 1.90 bits per heavy atom. The first-order chi connectivity index (χ1) is 13.9. The topological polar surface area (TPSA) is 107 Å². The highest BCUT2D eigenvalue weighted by Gasteiger charge is 2.39. The summed E-state index contributed by atoms with van der Waals surface area (Å²) in [7, 11) is -3.11. The number of para-hydroxylation sites is 1. The summed E-state index contributed by atoms with van der Waals surface area (Å²) in [6.07, 6.45) is 4.12. The Balaban J connectivity index is 1.39. The summed E-state index contributed by atoms with van der Waals surface area (Å²) in [6, 6.07) is 6.91. The molecular weight excluding hydrogens is 396 g/mol. The van der Waals surface area contributed by atoms with Crippen molar-refractivity contribution < 1.29 is 27.3 Å². The van der Waals surface area contributed by atoms with Gasteiger partial charge in [0.05, 0.1) is 17.9 Å². The van der Waals surface area contributed by atoms with Gasteiger partial charge in [0.15, 0.2) is 22.0 Å². The summed E-state index contributed by atoms with van der Waals surface area (Å²) < 4.78 is 34.2. The molecule has 2 aliphatic rings. The van der Waals surface area contributed by atoms with Crippen molar-refractivity contribution in [3.8, 4) is 0 Å². The van der Waals surface area contributed by atoms with Gasteiger partial charge in [-0.05, 0) is 31.4 Å². The van der Waals surface area contributed by atoms with Crippen LogP contribution >= 0.6 is 0 Å². The second kappa shape index (κ2) is 8.14. The molecule has 1 aliphatic carbocycles. The highest BCUT2D eigenvalue weighted by molar-refractivity contribution is 7.91. The fraction of sp³-hybridized carbons (Fsp3) is 0.550. The van der Waals surface area contributed by atoms with E-state index in [0.29, 0.717) is 17.7 Å². The van der Waals surface area contributed by atoms with Crippen LogP contribution in [0.5, 0.6) is 0 Å². The number of carbonyl (C=O) groups is 2. The van der Waals surface area contributed by atoms with Crippen LogP contribution in [-0.2, 0) is 30.6 Å². The van der Waals surface area contributed by atoms with Gasteiger partial charge in [0.1, 0.15) is 5.69 Å². The lowest BCUT2D eigenvalue weighted by molar-refractivity contribution is -0.153. The van der Waals surface area contributed by atoms with Crippen LogP contribution in [0.3, 0.4) is 0 Å². The molecule has 1 atom stereocenters. The third kappa shape index (κ3) is 4.44. The number of benzene rings is 1. The maximum atomic E-state index is 12.9. The van der Waals surface area contributed by atoms with E-state index in [2.05, 4.69) is 5.16 Å². The number of fused-ring (bicyclic) bond motifs is 1. The summed E-state index contributed by atoms with van der Waals surface area (Å²) in [6.45, 7) is -0.387. The van der Waals surface area contributed by atoms with Crippen molar-refractivity contribution in [2.75, 3.05) is 18.1 Å². The molecule has 9 heteroatoms. The van der Waals surface area contributed by atoms with Gasteiger partial charge in [-0.2, -0.15) is 0 Å². The van der Waals surface area contributed by atoms with Crippen molar-refractivity contribution in [3.05, 3.63) is 30.0 Å². The Labute approximate surface area is 169 Å². The van der Waals surface area contributed by atoms with Gasteiger partial charge in [-0.3, -0.25) is 9.59 Å². The Morgan fingerprint density at radius 3 is 2.62 bits per heavy atom. The van der Waals surface area contributed by atoms with Gasteiger partial charge < -0.3 is 14.2 Å². The van der Waals surface area contributed by atoms with E-state index in [4.69, 9.17) is 9.26 Å². The number of amides is 1. The first kappa shape index (κ1) is 19.9. The fourth-order valence-corrected chi connectivity index (χ4v) is 6.06. The molecule has 29 heavy (non-hydrogen) atoms. The van der Waals surface area contributed by atoms with Crippen molar-refractivity contribution in [2.24, 2.45) is 0 Å². The minimum atomic E-state index is -3.11. The summed E-state index contributed by atoms with van der Waals surface area (Å²) >= 11 is 0. The number of esters is 1. The number of carbonyl (C=O) groups excluding carboxylic acids is 2. The number of hydrogen-bond donors (Lipinski definition) is 0. The van der Waals surface area contributed by atoms with Crippen LogP contribution in [0.25, 0.3) is 11.0 Å². The molecule has 0 unspecified atom stereocenters. The minimum absolute atomic E-state index is 0.00584. The summed E-state index contributed by atoms with van der Waals surface area (Å²) in [5.41, 5.74) is 1.05. The van der Waals surface area contributed by atoms with Crippen LogP contribution in [0.15, 0.2) is 28.8 Å². The van der Waals surface area contributed by atoms with Crippen LogP contribution in [-0.4, -0.2) is 60.5 Å². The van der Waals surface area contributed by atoms with Gasteiger partial charge in [-0.15, -0.1) is 0 Å². The highest BCUT2D eigenvalue weighted by atomic mass is 32.2. The average Bonchev–Trinajstić information content (AvgIpc) is 3.42. The normalized spacial score (nSPS) is 21.4. The lowest BCUT2D eigenvalue weighted by atomic mass is 10.1. The predicted molar refractivity (Wildman–Crippen MR) is 105 cm³/mol. The van der Waals surface area contributed by atoms with Crippen LogP contribution in [0, 0.1) is 0 Å². The molecule has 0 radical (unpaired) electrons. The predicted octanol–water partition coefficient (Wildman–Crippen LogP) is 1.87. The van der Waals surface area contributed by atoms with Gasteiger partial charge >= 0.3 is 5.97 Å². The van der Waals surface area contributed by atoms with E-state index in [1.807, 2.05) is 18.2 Å². The first-order valence-corrected chi connectivity index (χ1v) is 11.8. The lowest BCUT2D eigenvalue weighted by Gasteiger charge is -2.33. The molecule has 1 aromatic heterocycles. The standard InChI is InChI=1S/C20H24N2O6S/c23-19(22(14-5-1-2-6-14)15-9-10-29(25,26)13-15)12-27-20(24)11-17-16-7-3-4-8-18(16)28-21-17/h3-4,7-8,14-15H,1-2,5-6,9-13H2/t15-/m1/s1. The summed E-state index contributed by atoms with van der Waals surface area (Å²) in [5, 5.41) is 4.64. The van der Waals surface area contributed by atoms with E-state index >= 15 is 0 Å². The number of hydrogen-bond acceptors (Lipinski definition) is 7. The summed E-state index contributed by atoms with van der Waals surface area (Å²) in [5.74, 6) is -0.790. The van der Waals surface area contributed by atoms with E-state index in [1.54, 1.807) is 11.0 Å². The SMILES string of the molecule is O=C(Cc1noc2ccccc12)OCC(=O)N(C1CCCC1)[C@@H]1CCS(=O)(=O)C1. The smallest absolute Gasteiger partial charge is 0.312 e. The summed E-state index contributed by atoms with van der Waals surface area (Å²) in [4.78, 5) is 26.8. The average molecular weight is 420 g/mol. The molecule has 2 aromatic rings. The number of nitrogens with zero attached hydrogens (tertiary/aromatic N) is 2. The van der Waals surface area contributed by atoms with Crippen LogP contribution in [0.2, 0.25) is 0 Å². The van der Waals surface area contributed by atoms with Crippen LogP contribution in [0.4, 0.5) is 0 Å². The van der Waals surface area contributed by atoms with Gasteiger partial charge in [0, 0.05) is 17.5 Å². The molecule has 2 heterocycles. The molecule has 156 valence electrons. The molecule has 0 spiro atoms. The molecule has 2 fully saturated rings. The maximum Gasteiger partial charge on any atom is 0.312 e. The zero-order valence-corrected chi connectivity index (χ0v) is 16.9. The molecule has 1 aromatic carbocycles. The molecule has 1 saturated carbocycles. The third-order valence-electron chi connectivity index (χ3n) is 5.73. The second-order valence-electron chi connectivity index (χ2n) is 7.76. The van der Waals surface area contributed by atoms with Gasteiger partial charge in [0.25, 0.3) is 5.91 Å². The second-order valence-corrected chi connectivity index (χ2v) is 9.99. The third-order valence-corrected chi connectivity index (χ3v) is 7.48. The zero-order chi connectivity index (χ0) is 20.4. The van der Waals surface area contributed by atoms with E-state index in [9.17, 15) is 18.0 Å². The Morgan fingerprint density at radius 1 is 1.14 bits per heavy atom. The van der Waals surface area contributed by atoms with E-state index < -0.39 is 15.8 Å². The van der Waals surface area contributed by atoms with Crippen LogP contribution in [0.1, 0.15) is 37.8 Å². The van der Waals surface area contributed by atoms with Crippen molar-refractivity contribution in [2.45, 2.75) is 50.6 Å². The monoisotopic (exact) mass is 420 g/mol. The zero-order valence-electron chi connectivity index (χ0n) is 16.1. The largest absolute Gasteiger partial charge is 0.455 e. The quantitative estimate of drug-likeness (QED) is 0.657. The van der Waals surface area contributed by atoms with Crippen molar-refractivity contribution in [1.82, 2.24) is 10.1 Å². The Kier molecular flexibility index (Phi) is 5.58. The molecule has 1 aliphatic heterocycles. The minimum Gasteiger partial charge on any atom is -0.455 e. The number of ether oxygens (including phenoxy) is 1. The highest BCUT2D eigenvalue weighted by Crippen LogP contribution is 2.29.